The minimum atomic E-state index is -0.277. The van der Waals surface area contributed by atoms with Crippen molar-refractivity contribution in [1.82, 2.24) is 0 Å². The molecular weight excluding hydrogens is 266 g/mol. The van der Waals surface area contributed by atoms with Crippen LogP contribution in [0.1, 0.15) is 24.0 Å². The van der Waals surface area contributed by atoms with Crippen LogP contribution in [0.2, 0.25) is 0 Å². The number of benzene rings is 1. The van der Waals surface area contributed by atoms with Crippen LogP contribution in [0.3, 0.4) is 0 Å². The third kappa shape index (κ3) is 1.97. The first-order chi connectivity index (χ1) is 5.66. The van der Waals surface area contributed by atoms with Gasteiger partial charge in [0.05, 0.1) is 6.67 Å². The maximum absolute atomic E-state index is 12.4. The lowest BCUT2D eigenvalue weighted by atomic mass is 9.98. The summed E-state index contributed by atoms with van der Waals surface area (Å²) in [5.74, 6) is 0.0275. The van der Waals surface area contributed by atoms with E-state index in [4.69, 9.17) is 0 Å². The molecule has 0 aliphatic carbocycles. The highest BCUT2D eigenvalue weighted by molar-refractivity contribution is 14.1. The van der Waals surface area contributed by atoms with Gasteiger partial charge in [-0.2, -0.15) is 0 Å². The van der Waals surface area contributed by atoms with Crippen molar-refractivity contribution in [3.05, 3.63) is 32.9 Å². The molecule has 0 aliphatic heterocycles. The van der Waals surface area contributed by atoms with Gasteiger partial charge in [-0.1, -0.05) is 19.1 Å². The van der Waals surface area contributed by atoms with E-state index in [-0.39, 0.29) is 12.6 Å². The van der Waals surface area contributed by atoms with Gasteiger partial charge in [0.1, 0.15) is 0 Å². The second kappa shape index (κ2) is 4.21. The van der Waals surface area contributed by atoms with Crippen LogP contribution in [0.15, 0.2) is 18.2 Å². The Morgan fingerprint density at radius 1 is 1.50 bits per heavy atom. The number of hydrogen-bond acceptors (Lipinski definition) is 0. The zero-order valence-electron chi connectivity index (χ0n) is 7.27. The van der Waals surface area contributed by atoms with Gasteiger partial charge in [0.2, 0.25) is 0 Å². The van der Waals surface area contributed by atoms with Gasteiger partial charge >= 0.3 is 0 Å². The number of rotatable bonds is 2. The summed E-state index contributed by atoms with van der Waals surface area (Å²) < 4.78 is 13.6. The third-order valence-electron chi connectivity index (χ3n) is 2.07. The molecule has 1 rings (SSSR count). The molecule has 0 saturated heterocycles. The highest BCUT2D eigenvalue weighted by Gasteiger charge is 2.08. The largest absolute Gasteiger partial charge is 0.250 e. The molecule has 0 fully saturated rings. The second-order valence-corrected chi connectivity index (χ2v) is 4.17. The third-order valence-corrected chi connectivity index (χ3v) is 3.24. The summed E-state index contributed by atoms with van der Waals surface area (Å²) in [5, 5.41) is 0. The first-order valence-electron chi connectivity index (χ1n) is 3.97. The lowest BCUT2D eigenvalue weighted by molar-refractivity contribution is 0.446. The van der Waals surface area contributed by atoms with Gasteiger partial charge < -0.3 is 0 Å². The molecule has 0 amide bonds. The van der Waals surface area contributed by atoms with Gasteiger partial charge in [-0.3, -0.25) is 4.39 Å². The maximum atomic E-state index is 12.4. The van der Waals surface area contributed by atoms with Crippen LogP contribution < -0.4 is 0 Å². The summed E-state index contributed by atoms with van der Waals surface area (Å²) in [6.07, 6.45) is 0. The highest BCUT2D eigenvalue weighted by atomic mass is 127. The van der Waals surface area contributed by atoms with Crippen molar-refractivity contribution in [3.63, 3.8) is 0 Å². The Morgan fingerprint density at radius 2 is 2.17 bits per heavy atom. The Bertz CT molecular complexity index is 271. The summed E-state index contributed by atoms with van der Waals surface area (Å²) in [6, 6.07) is 6.03. The molecule has 0 saturated carbocycles. The highest BCUT2D eigenvalue weighted by Crippen LogP contribution is 2.23. The normalized spacial score (nSPS) is 13.0. The molecule has 0 heterocycles. The van der Waals surface area contributed by atoms with E-state index in [9.17, 15) is 4.39 Å². The Balaban J connectivity index is 3.07. The smallest absolute Gasteiger partial charge is 0.0960 e. The fourth-order valence-electron chi connectivity index (χ4n) is 1.24. The molecule has 0 spiro atoms. The van der Waals surface area contributed by atoms with E-state index in [1.165, 1.54) is 9.13 Å². The quantitative estimate of drug-likeness (QED) is 0.724. The van der Waals surface area contributed by atoms with Crippen LogP contribution in [0.4, 0.5) is 4.39 Å². The summed E-state index contributed by atoms with van der Waals surface area (Å²) in [6.45, 7) is 3.68. The molecule has 1 aromatic carbocycles. The maximum Gasteiger partial charge on any atom is 0.0960 e. The van der Waals surface area contributed by atoms with Crippen molar-refractivity contribution in [2.45, 2.75) is 19.8 Å². The Morgan fingerprint density at radius 3 is 2.75 bits per heavy atom. The van der Waals surface area contributed by atoms with Gasteiger partial charge in [-0.05, 0) is 46.7 Å². The van der Waals surface area contributed by atoms with Crippen LogP contribution in [-0.2, 0) is 0 Å². The minimum Gasteiger partial charge on any atom is -0.250 e. The monoisotopic (exact) mass is 278 g/mol. The summed E-state index contributed by atoms with van der Waals surface area (Å²) in [5.41, 5.74) is 2.34. The van der Waals surface area contributed by atoms with Gasteiger partial charge in [-0.25, -0.2) is 0 Å². The summed E-state index contributed by atoms with van der Waals surface area (Å²) >= 11 is 2.28. The molecule has 0 bridgehead atoms. The molecule has 2 heteroatoms. The van der Waals surface area contributed by atoms with Gasteiger partial charge in [-0.15, -0.1) is 0 Å². The molecule has 1 unspecified atom stereocenters. The van der Waals surface area contributed by atoms with Crippen LogP contribution in [0, 0.1) is 10.5 Å². The minimum absolute atomic E-state index is 0.0275. The van der Waals surface area contributed by atoms with Crippen molar-refractivity contribution >= 4 is 22.6 Å². The van der Waals surface area contributed by atoms with Gasteiger partial charge in [0.15, 0.2) is 0 Å². The van der Waals surface area contributed by atoms with Crippen molar-refractivity contribution in [2.75, 3.05) is 6.67 Å². The Kier molecular flexibility index (Phi) is 3.50. The molecule has 1 aromatic rings. The van der Waals surface area contributed by atoms with Crippen molar-refractivity contribution in [3.8, 4) is 0 Å². The average Bonchev–Trinajstić information content (AvgIpc) is 2.08. The van der Waals surface area contributed by atoms with E-state index in [1.807, 2.05) is 32.0 Å². The van der Waals surface area contributed by atoms with E-state index in [1.54, 1.807) is 0 Å². The SMILES string of the molecule is Cc1c(I)cccc1C(C)CF. The van der Waals surface area contributed by atoms with E-state index in [2.05, 4.69) is 22.6 Å². The van der Waals surface area contributed by atoms with Crippen LogP contribution in [0.25, 0.3) is 0 Å². The topological polar surface area (TPSA) is 0 Å². The predicted molar refractivity (Wildman–Crippen MR) is 58.3 cm³/mol. The molecule has 0 N–H and O–H groups in total. The van der Waals surface area contributed by atoms with E-state index < -0.39 is 0 Å². The molecule has 66 valence electrons. The first-order valence-corrected chi connectivity index (χ1v) is 5.05. The molecule has 0 radical (unpaired) electrons. The number of halogens is 2. The fourth-order valence-corrected chi connectivity index (χ4v) is 1.76. The van der Waals surface area contributed by atoms with E-state index in [0.29, 0.717) is 0 Å². The van der Waals surface area contributed by atoms with Gasteiger partial charge in [0.25, 0.3) is 0 Å². The van der Waals surface area contributed by atoms with Crippen LogP contribution in [-0.4, -0.2) is 6.67 Å². The zero-order valence-corrected chi connectivity index (χ0v) is 9.43. The van der Waals surface area contributed by atoms with Gasteiger partial charge in [0, 0.05) is 9.49 Å². The molecule has 0 aromatic heterocycles. The predicted octanol–water partition coefficient (Wildman–Crippen LogP) is 3.67. The number of hydrogen-bond donors (Lipinski definition) is 0. The Hall–Kier alpha value is -0.120. The number of alkyl halides is 1. The summed E-state index contributed by atoms with van der Waals surface area (Å²) in [7, 11) is 0. The average molecular weight is 278 g/mol. The molecule has 0 nitrogen and oxygen atoms in total. The lowest BCUT2D eigenvalue weighted by Crippen LogP contribution is -1.99. The summed E-state index contributed by atoms with van der Waals surface area (Å²) in [4.78, 5) is 0. The standard InChI is InChI=1S/C10H12FI/c1-7(6-11)9-4-3-5-10(12)8(9)2/h3-5,7H,6H2,1-2H3. The van der Waals surface area contributed by atoms with Crippen molar-refractivity contribution in [2.24, 2.45) is 0 Å². The molecular formula is C10H12FI. The second-order valence-electron chi connectivity index (χ2n) is 3.01. The van der Waals surface area contributed by atoms with E-state index >= 15 is 0 Å². The van der Waals surface area contributed by atoms with Crippen molar-refractivity contribution < 1.29 is 4.39 Å². The molecule has 1 atom stereocenters. The lowest BCUT2D eigenvalue weighted by Gasteiger charge is -2.11. The van der Waals surface area contributed by atoms with E-state index in [0.717, 1.165) is 5.56 Å². The van der Waals surface area contributed by atoms with Crippen LogP contribution >= 0.6 is 22.6 Å². The molecule has 12 heavy (non-hydrogen) atoms. The first kappa shape index (κ1) is 9.96. The molecule has 0 aliphatic rings. The zero-order chi connectivity index (χ0) is 9.14. The Labute approximate surface area is 86.3 Å². The fraction of sp³-hybridized carbons (Fsp3) is 0.400. The van der Waals surface area contributed by atoms with Crippen LogP contribution in [0.5, 0.6) is 0 Å². The van der Waals surface area contributed by atoms with Crippen molar-refractivity contribution in [1.29, 1.82) is 0 Å².